The Morgan fingerprint density at radius 3 is 2.47 bits per heavy atom. The number of halogens is 2. The minimum atomic E-state index is -0.420. The van der Waals surface area contributed by atoms with Gasteiger partial charge in [0.25, 0.3) is 0 Å². The van der Waals surface area contributed by atoms with Gasteiger partial charge in [0.15, 0.2) is 0 Å². The average Bonchev–Trinajstić information content (AvgIpc) is 2.55. The van der Waals surface area contributed by atoms with Gasteiger partial charge in [-0.2, -0.15) is 0 Å². The number of anilines is 1. The standard InChI is InChI=1S/C14H15Br2NO2/c1-14(2)8-10(16)7-12(14)19-13(18)17-11-5-3-9(15)4-6-11/h3-6,8,12H,7H2,1-2H3,(H,17,18). The summed E-state index contributed by atoms with van der Waals surface area (Å²) in [6.45, 7) is 4.11. The first kappa shape index (κ1) is 14.6. The molecule has 0 bridgehead atoms. The second-order valence-electron chi connectivity index (χ2n) is 5.14. The second kappa shape index (κ2) is 5.67. The number of carbonyl (C=O) groups excluding carboxylic acids is 1. The van der Waals surface area contributed by atoms with Crippen molar-refractivity contribution in [2.45, 2.75) is 26.4 Å². The lowest BCUT2D eigenvalue weighted by molar-refractivity contribution is 0.0638. The first-order chi connectivity index (χ1) is 8.87. The molecule has 1 aromatic carbocycles. The van der Waals surface area contributed by atoms with Crippen LogP contribution in [0.4, 0.5) is 10.5 Å². The fraction of sp³-hybridized carbons (Fsp3) is 0.357. The largest absolute Gasteiger partial charge is 0.445 e. The van der Waals surface area contributed by atoms with Crippen LogP contribution in [0, 0.1) is 5.41 Å². The van der Waals surface area contributed by atoms with Gasteiger partial charge >= 0.3 is 6.09 Å². The Labute approximate surface area is 129 Å². The number of benzene rings is 1. The van der Waals surface area contributed by atoms with Crippen LogP contribution in [0.3, 0.4) is 0 Å². The molecule has 1 aliphatic carbocycles. The highest BCUT2D eigenvalue weighted by Gasteiger charge is 2.36. The molecule has 0 fully saturated rings. The molecule has 0 saturated carbocycles. The number of nitrogens with one attached hydrogen (secondary N) is 1. The van der Waals surface area contributed by atoms with Crippen molar-refractivity contribution in [1.82, 2.24) is 0 Å². The number of amides is 1. The predicted octanol–water partition coefficient (Wildman–Crippen LogP) is 5.07. The smallest absolute Gasteiger partial charge is 0.411 e. The molecule has 2 rings (SSSR count). The highest BCUT2D eigenvalue weighted by atomic mass is 79.9. The molecule has 1 unspecified atom stereocenters. The minimum Gasteiger partial charge on any atom is -0.445 e. The van der Waals surface area contributed by atoms with Crippen molar-refractivity contribution in [3.05, 3.63) is 39.3 Å². The molecule has 0 spiro atoms. The molecular formula is C14H15Br2NO2. The van der Waals surface area contributed by atoms with Gasteiger partial charge in [-0.15, -0.1) is 0 Å². The normalized spacial score (nSPS) is 20.8. The Bertz CT molecular complexity index is 509. The zero-order valence-corrected chi connectivity index (χ0v) is 13.9. The fourth-order valence-electron chi connectivity index (χ4n) is 2.00. The summed E-state index contributed by atoms with van der Waals surface area (Å²) in [5.41, 5.74) is 0.576. The van der Waals surface area contributed by atoms with Crippen LogP contribution < -0.4 is 5.32 Å². The van der Waals surface area contributed by atoms with E-state index < -0.39 is 6.09 Å². The van der Waals surface area contributed by atoms with Crippen LogP contribution in [0.2, 0.25) is 0 Å². The van der Waals surface area contributed by atoms with Crippen molar-refractivity contribution in [3.8, 4) is 0 Å². The van der Waals surface area contributed by atoms with Crippen LogP contribution >= 0.6 is 31.9 Å². The molecule has 102 valence electrons. The minimum absolute atomic E-state index is 0.141. The van der Waals surface area contributed by atoms with Gasteiger partial charge < -0.3 is 4.74 Å². The van der Waals surface area contributed by atoms with E-state index in [1.54, 1.807) is 0 Å². The zero-order chi connectivity index (χ0) is 14.0. The Balaban J connectivity index is 1.94. The van der Waals surface area contributed by atoms with E-state index in [9.17, 15) is 4.79 Å². The first-order valence-electron chi connectivity index (χ1n) is 5.97. The van der Waals surface area contributed by atoms with E-state index in [4.69, 9.17) is 4.74 Å². The van der Waals surface area contributed by atoms with Crippen LogP contribution in [0.15, 0.2) is 39.3 Å². The summed E-state index contributed by atoms with van der Waals surface area (Å²) in [5.74, 6) is 0. The van der Waals surface area contributed by atoms with Crippen LogP contribution in [0.1, 0.15) is 20.3 Å². The molecule has 5 heteroatoms. The molecule has 1 atom stereocenters. The molecule has 1 aliphatic rings. The SMILES string of the molecule is CC1(C)C=C(Br)CC1OC(=O)Nc1ccc(Br)cc1. The lowest BCUT2D eigenvalue weighted by Gasteiger charge is -2.25. The summed E-state index contributed by atoms with van der Waals surface area (Å²) in [6, 6.07) is 7.37. The van der Waals surface area contributed by atoms with Crippen LogP contribution in [0.5, 0.6) is 0 Å². The highest BCUT2D eigenvalue weighted by molar-refractivity contribution is 9.11. The summed E-state index contributed by atoms with van der Waals surface area (Å²) in [4.78, 5) is 11.9. The van der Waals surface area contributed by atoms with E-state index in [-0.39, 0.29) is 11.5 Å². The monoisotopic (exact) mass is 387 g/mol. The van der Waals surface area contributed by atoms with Crippen LogP contribution in [-0.2, 0) is 4.74 Å². The summed E-state index contributed by atoms with van der Waals surface area (Å²) < 4.78 is 7.54. The topological polar surface area (TPSA) is 38.3 Å². The van der Waals surface area contributed by atoms with Gasteiger partial charge in [-0.25, -0.2) is 4.79 Å². The third-order valence-corrected chi connectivity index (χ3v) is 4.16. The summed E-state index contributed by atoms with van der Waals surface area (Å²) >= 11 is 6.81. The van der Waals surface area contributed by atoms with Crippen molar-refractivity contribution >= 4 is 43.6 Å². The predicted molar refractivity (Wildman–Crippen MR) is 83.4 cm³/mol. The summed E-state index contributed by atoms with van der Waals surface area (Å²) in [7, 11) is 0. The Kier molecular flexibility index (Phi) is 4.36. The van der Waals surface area contributed by atoms with E-state index in [0.29, 0.717) is 0 Å². The van der Waals surface area contributed by atoms with Gasteiger partial charge in [0.2, 0.25) is 0 Å². The van der Waals surface area contributed by atoms with Gasteiger partial charge in [-0.1, -0.05) is 51.8 Å². The van der Waals surface area contributed by atoms with E-state index in [1.165, 1.54) is 0 Å². The maximum absolute atomic E-state index is 11.9. The molecule has 1 amide bonds. The number of carbonyl (C=O) groups is 1. The summed E-state index contributed by atoms with van der Waals surface area (Å²) in [6.07, 6.45) is 2.25. The molecule has 0 saturated heterocycles. The molecule has 3 nitrogen and oxygen atoms in total. The molecule has 0 radical (unpaired) electrons. The quantitative estimate of drug-likeness (QED) is 0.767. The summed E-state index contributed by atoms with van der Waals surface area (Å²) in [5, 5.41) is 2.73. The van der Waals surface area contributed by atoms with Gasteiger partial charge in [0, 0.05) is 22.0 Å². The number of hydrogen-bond acceptors (Lipinski definition) is 2. The van der Waals surface area contributed by atoms with E-state index in [0.717, 1.165) is 21.1 Å². The van der Waals surface area contributed by atoms with Gasteiger partial charge in [-0.3, -0.25) is 5.32 Å². The molecule has 0 aliphatic heterocycles. The average molecular weight is 389 g/mol. The fourth-order valence-corrected chi connectivity index (χ4v) is 3.15. The van der Waals surface area contributed by atoms with Crippen LogP contribution in [-0.4, -0.2) is 12.2 Å². The number of ether oxygens (including phenoxy) is 1. The number of hydrogen-bond donors (Lipinski definition) is 1. The molecular weight excluding hydrogens is 374 g/mol. The third kappa shape index (κ3) is 3.83. The van der Waals surface area contributed by atoms with Crippen molar-refractivity contribution in [2.24, 2.45) is 5.41 Å². The Morgan fingerprint density at radius 1 is 1.32 bits per heavy atom. The van der Waals surface area contributed by atoms with Crippen molar-refractivity contribution in [2.75, 3.05) is 5.32 Å². The van der Waals surface area contributed by atoms with E-state index in [1.807, 2.05) is 24.3 Å². The van der Waals surface area contributed by atoms with Gasteiger partial charge in [0.1, 0.15) is 6.10 Å². The first-order valence-corrected chi connectivity index (χ1v) is 7.56. The number of rotatable bonds is 2. The van der Waals surface area contributed by atoms with Crippen molar-refractivity contribution in [1.29, 1.82) is 0 Å². The van der Waals surface area contributed by atoms with Gasteiger partial charge in [0.05, 0.1) is 0 Å². The van der Waals surface area contributed by atoms with E-state index in [2.05, 4.69) is 57.1 Å². The molecule has 1 N–H and O–H groups in total. The Morgan fingerprint density at radius 2 is 1.95 bits per heavy atom. The maximum Gasteiger partial charge on any atom is 0.411 e. The Hall–Kier alpha value is -0.810. The molecule has 19 heavy (non-hydrogen) atoms. The lowest BCUT2D eigenvalue weighted by Crippen LogP contribution is -2.31. The van der Waals surface area contributed by atoms with Crippen molar-refractivity contribution < 1.29 is 9.53 Å². The molecule has 0 aromatic heterocycles. The highest BCUT2D eigenvalue weighted by Crippen LogP contribution is 2.40. The van der Waals surface area contributed by atoms with Crippen LogP contribution in [0.25, 0.3) is 0 Å². The lowest BCUT2D eigenvalue weighted by atomic mass is 9.90. The van der Waals surface area contributed by atoms with E-state index >= 15 is 0 Å². The van der Waals surface area contributed by atoms with Crippen molar-refractivity contribution in [3.63, 3.8) is 0 Å². The zero-order valence-electron chi connectivity index (χ0n) is 10.7. The maximum atomic E-state index is 11.9. The second-order valence-corrected chi connectivity index (χ2v) is 7.08. The molecule has 1 aromatic rings. The van der Waals surface area contributed by atoms with Gasteiger partial charge in [-0.05, 0) is 28.7 Å². The third-order valence-electron chi connectivity index (χ3n) is 3.08. The molecule has 0 heterocycles.